The lowest BCUT2D eigenvalue weighted by molar-refractivity contribution is -0.138. The summed E-state index contributed by atoms with van der Waals surface area (Å²) in [6.45, 7) is 2.51. The van der Waals surface area contributed by atoms with Gasteiger partial charge in [0.05, 0.1) is 18.2 Å². The monoisotopic (exact) mass is 359 g/mol. The highest BCUT2D eigenvalue weighted by atomic mass is 19.4. The lowest BCUT2D eigenvalue weighted by Gasteiger charge is -2.38. The molecule has 0 unspecified atom stereocenters. The Morgan fingerprint density at radius 2 is 1.92 bits per heavy atom. The second-order valence-corrected chi connectivity index (χ2v) is 6.74. The highest BCUT2D eigenvalue weighted by Crippen LogP contribution is 2.52. The zero-order chi connectivity index (χ0) is 18.3. The molecule has 26 heavy (non-hydrogen) atoms. The van der Waals surface area contributed by atoms with Gasteiger partial charge in [0, 0.05) is 11.6 Å². The normalized spacial score (nSPS) is 23.9. The number of fused-ring (bicyclic) bond motifs is 3. The molecule has 1 heterocycles. The highest BCUT2D eigenvalue weighted by Gasteiger charge is 2.42. The van der Waals surface area contributed by atoms with Crippen molar-refractivity contribution in [3.8, 4) is 5.75 Å². The number of alkyl halides is 3. The lowest BCUT2D eigenvalue weighted by atomic mass is 9.76. The minimum Gasteiger partial charge on any atom is -0.494 e. The van der Waals surface area contributed by atoms with E-state index in [2.05, 4.69) is 17.5 Å². The van der Waals surface area contributed by atoms with Crippen LogP contribution in [0.15, 0.2) is 54.6 Å². The van der Waals surface area contributed by atoms with Gasteiger partial charge in [0.15, 0.2) is 0 Å². The summed E-state index contributed by atoms with van der Waals surface area (Å²) in [5.74, 6) is 0.946. The van der Waals surface area contributed by atoms with Gasteiger partial charge in [-0.25, -0.2) is 0 Å². The molecule has 0 spiro atoms. The van der Waals surface area contributed by atoms with Crippen molar-refractivity contribution in [1.29, 1.82) is 0 Å². The Balaban J connectivity index is 1.78. The van der Waals surface area contributed by atoms with Gasteiger partial charge in [-0.3, -0.25) is 0 Å². The number of anilines is 1. The molecule has 4 rings (SSSR count). The van der Waals surface area contributed by atoms with Crippen LogP contribution < -0.4 is 10.1 Å². The number of benzene rings is 2. The molecule has 0 saturated heterocycles. The minimum absolute atomic E-state index is 0.0582. The van der Waals surface area contributed by atoms with Gasteiger partial charge in [-0.1, -0.05) is 30.4 Å². The Morgan fingerprint density at radius 3 is 2.69 bits per heavy atom. The first-order valence-electron chi connectivity index (χ1n) is 8.85. The van der Waals surface area contributed by atoms with E-state index in [9.17, 15) is 13.2 Å². The van der Waals surface area contributed by atoms with E-state index in [1.54, 1.807) is 12.1 Å². The summed E-state index contributed by atoms with van der Waals surface area (Å²) in [5.41, 5.74) is 1.73. The van der Waals surface area contributed by atoms with E-state index in [1.165, 1.54) is 12.1 Å². The van der Waals surface area contributed by atoms with E-state index < -0.39 is 11.7 Å². The number of hydrogen-bond donors (Lipinski definition) is 1. The largest absolute Gasteiger partial charge is 0.494 e. The summed E-state index contributed by atoms with van der Waals surface area (Å²) < 4.78 is 46.2. The van der Waals surface area contributed by atoms with Crippen LogP contribution in [0.2, 0.25) is 0 Å². The van der Waals surface area contributed by atoms with Crippen LogP contribution in [-0.2, 0) is 6.18 Å². The number of nitrogens with one attached hydrogen (secondary N) is 1. The molecule has 2 aromatic carbocycles. The molecule has 2 nitrogen and oxygen atoms in total. The fourth-order valence-corrected chi connectivity index (χ4v) is 4.16. The molecular weight excluding hydrogens is 339 g/mol. The zero-order valence-corrected chi connectivity index (χ0v) is 14.4. The molecule has 1 N–H and O–H groups in total. The Kier molecular flexibility index (Phi) is 4.17. The van der Waals surface area contributed by atoms with E-state index >= 15 is 0 Å². The average molecular weight is 359 g/mol. The Bertz CT molecular complexity index is 843. The lowest BCUT2D eigenvalue weighted by Crippen LogP contribution is -2.30. The molecule has 1 aliphatic carbocycles. The topological polar surface area (TPSA) is 21.3 Å². The van der Waals surface area contributed by atoms with Crippen LogP contribution in [0.5, 0.6) is 5.75 Å². The molecule has 0 amide bonds. The molecule has 0 saturated carbocycles. The van der Waals surface area contributed by atoms with Crippen LogP contribution in [-0.4, -0.2) is 6.61 Å². The molecular formula is C21H20F3NO. The van der Waals surface area contributed by atoms with Crippen molar-refractivity contribution >= 4 is 5.69 Å². The van der Waals surface area contributed by atoms with Gasteiger partial charge < -0.3 is 10.1 Å². The van der Waals surface area contributed by atoms with E-state index in [0.29, 0.717) is 12.2 Å². The second kappa shape index (κ2) is 6.38. The van der Waals surface area contributed by atoms with E-state index in [4.69, 9.17) is 4.74 Å². The third-order valence-corrected chi connectivity index (χ3v) is 5.25. The van der Waals surface area contributed by atoms with E-state index in [1.807, 2.05) is 25.1 Å². The van der Waals surface area contributed by atoms with Crippen LogP contribution in [0.1, 0.15) is 42.0 Å². The van der Waals surface area contributed by atoms with Gasteiger partial charge >= 0.3 is 6.18 Å². The molecule has 0 radical (unpaired) electrons. The number of allylic oxidation sites excluding steroid dienone is 2. The van der Waals surface area contributed by atoms with Gasteiger partial charge in [0.1, 0.15) is 5.75 Å². The van der Waals surface area contributed by atoms with Crippen molar-refractivity contribution in [2.45, 2.75) is 31.5 Å². The number of rotatable bonds is 3. The predicted molar refractivity (Wildman–Crippen MR) is 95.4 cm³/mol. The molecule has 0 fully saturated rings. The number of hydrogen-bond acceptors (Lipinski definition) is 2. The quantitative estimate of drug-likeness (QED) is 0.686. The maximum absolute atomic E-state index is 13.5. The van der Waals surface area contributed by atoms with Gasteiger partial charge in [-0.2, -0.15) is 13.2 Å². The predicted octanol–water partition coefficient (Wildman–Crippen LogP) is 5.93. The highest BCUT2D eigenvalue weighted by molar-refractivity contribution is 5.62. The number of halogens is 3. The summed E-state index contributed by atoms with van der Waals surface area (Å²) in [6, 6.07) is 11.3. The van der Waals surface area contributed by atoms with Crippen molar-refractivity contribution in [3.05, 3.63) is 71.3 Å². The summed E-state index contributed by atoms with van der Waals surface area (Å²) in [5, 5.41) is 3.37. The number of ether oxygens (including phenoxy) is 1. The van der Waals surface area contributed by atoms with E-state index in [0.717, 1.165) is 23.4 Å². The molecule has 2 aliphatic rings. The molecule has 0 aromatic heterocycles. The van der Waals surface area contributed by atoms with Crippen molar-refractivity contribution in [2.24, 2.45) is 5.92 Å². The molecule has 0 bridgehead atoms. The van der Waals surface area contributed by atoms with Crippen LogP contribution in [0, 0.1) is 5.92 Å². The zero-order valence-electron chi connectivity index (χ0n) is 14.4. The van der Waals surface area contributed by atoms with Crippen molar-refractivity contribution in [1.82, 2.24) is 0 Å². The third-order valence-electron chi connectivity index (χ3n) is 5.25. The fourth-order valence-electron chi connectivity index (χ4n) is 4.16. The molecule has 1 aliphatic heterocycles. The smallest absolute Gasteiger partial charge is 0.416 e. The summed E-state index contributed by atoms with van der Waals surface area (Å²) in [7, 11) is 0. The maximum atomic E-state index is 13.5. The third kappa shape index (κ3) is 2.85. The van der Waals surface area contributed by atoms with E-state index in [-0.39, 0.29) is 17.9 Å². The first-order valence-corrected chi connectivity index (χ1v) is 8.85. The Morgan fingerprint density at radius 1 is 1.12 bits per heavy atom. The standard InChI is InChI=1S/C21H20F3NO/c1-2-26-13-10-11-19-17(12-13)14-7-5-8-15(14)20(25-19)16-6-3-4-9-18(16)21(22,23)24/h3-7,9-12,14-15,20,25H,2,8H2,1H3/t14-,15-,20-/m1/s1. The summed E-state index contributed by atoms with van der Waals surface area (Å²) in [6.07, 6.45) is 0.581. The molecule has 2 aromatic rings. The second-order valence-electron chi connectivity index (χ2n) is 6.74. The summed E-state index contributed by atoms with van der Waals surface area (Å²) >= 11 is 0. The SMILES string of the molecule is CCOc1ccc2c(c1)[C@@H]1C=CC[C@H]1[C@H](c1ccccc1C(F)(F)F)N2. The van der Waals surface area contributed by atoms with Gasteiger partial charge in [-0.05, 0) is 54.7 Å². The van der Waals surface area contributed by atoms with Gasteiger partial charge in [0.25, 0.3) is 0 Å². The van der Waals surface area contributed by atoms with Crippen molar-refractivity contribution in [2.75, 3.05) is 11.9 Å². The molecule has 3 atom stereocenters. The maximum Gasteiger partial charge on any atom is 0.416 e. The van der Waals surface area contributed by atoms with Gasteiger partial charge in [0.2, 0.25) is 0 Å². The molecule has 136 valence electrons. The van der Waals surface area contributed by atoms with Crippen LogP contribution in [0.3, 0.4) is 0 Å². The van der Waals surface area contributed by atoms with Crippen LogP contribution in [0.4, 0.5) is 18.9 Å². The van der Waals surface area contributed by atoms with Crippen LogP contribution >= 0.6 is 0 Å². The average Bonchev–Trinajstić information content (AvgIpc) is 3.11. The Hall–Kier alpha value is -2.43. The first-order chi connectivity index (χ1) is 12.5. The fraction of sp³-hybridized carbons (Fsp3) is 0.333. The van der Waals surface area contributed by atoms with Crippen molar-refractivity contribution < 1.29 is 17.9 Å². The van der Waals surface area contributed by atoms with Crippen molar-refractivity contribution in [3.63, 3.8) is 0 Å². The van der Waals surface area contributed by atoms with Gasteiger partial charge in [-0.15, -0.1) is 0 Å². The minimum atomic E-state index is -4.36. The Labute approximate surface area is 150 Å². The van der Waals surface area contributed by atoms with Crippen LogP contribution in [0.25, 0.3) is 0 Å². The molecule has 5 heteroatoms. The first kappa shape index (κ1) is 17.0. The summed E-state index contributed by atoms with van der Waals surface area (Å²) in [4.78, 5) is 0.